The molecule has 3 rings (SSSR count). The molecule has 1 fully saturated rings. The number of anilines is 2. The lowest BCUT2D eigenvalue weighted by Gasteiger charge is -2.20. The number of fused-ring (bicyclic) bond motifs is 1. The zero-order valence-corrected chi connectivity index (χ0v) is 9.50. The number of hydrogen-bond acceptors (Lipinski definition) is 4. The Morgan fingerprint density at radius 3 is 2.94 bits per heavy atom. The summed E-state index contributed by atoms with van der Waals surface area (Å²) >= 11 is 0. The first kappa shape index (κ1) is 10.4. The van der Waals surface area contributed by atoms with Crippen LogP contribution in [0.1, 0.15) is 6.42 Å². The first-order valence-electron chi connectivity index (χ1n) is 5.81. The Bertz CT molecular complexity index is 555. The Hall–Kier alpha value is -1.81. The van der Waals surface area contributed by atoms with Crippen molar-refractivity contribution in [3.63, 3.8) is 0 Å². The van der Waals surface area contributed by atoms with Crippen LogP contribution in [0.3, 0.4) is 0 Å². The summed E-state index contributed by atoms with van der Waals surface area (Å²) in [6.45, 7) is 1.59. The Morgan fingerprint density at radius 1 is 1.29 bits per heavy atom. The summed E-state index contributed by atoms with van der Waals surface area (Å²) in [5.41, 5.74) is 7.82. The fraction of sp³-hybridized carbons (Fsp3) is 0.308. The molecule has 88 valence electrons. The maximum atomic E-state index is 9.61. The molecule has 4 nitrogen and oxygen atoms in total. The number of β-amino-alcohol motifs (C(OH)–C–C–N with tert-alkyl or cyclic N) is 1. The van der Waals surface area contributed by atoms with Crippen molar-refractivity contribution in [2.24, 2.45) is 0 Å². The second-order valence-electron chi connectivity index (χ2n) is 4.48. The van der Waals surface area contributed by atoms with Gasteiger partial charge in [0.2, 0.25) is 0 Å². The normalized spacial score (nSPS) is 20.1. The van der Waals surface area contributed by atoms with E-state index in [1.807, 2.05) is 18.2 Å². The van der Waals surface area contributed by atoms with Gasteiger partial charge in [-0.3, -0.25) is 4.98 Å². The predicted molar refractivity (Wildman–Crippen MR) is 69.0 cm³/mol. The minimum absolute atomic E-state index is 0.218. The number of nitrogens with two attached hydrogens (primary N) is 1. The SMILES string of the molecule is Nc1ccc(N2CCC(O)C2)c2ccncc12. The third-order valence-electron chi connectivity index (χ3n) is 3.33. The van der Waals surface area contributed by atoms with Crippen LogP contribution in [0.5, 0.6) is 0 Å². The van der Waals surface area contributed by atoms with Crippen molar-refractivity contribution in [3.05, 3.63) is 30.6 Å². The summed E-state index contributed by atoms with van der Waals surface area (Å²) in [5.74, 6) is 0. The minimum atomic E-state index is -0.218. The van der Waals surface area contributed by atoms with Crippen molar-refractivity contribution in [2.75, 3.05) is 23.7 Å². The molecule has 2 heterocycles. The Kier molecular flexibility index (Phi) is 2.37. The van der Waals surface area contributed by atoms with Crippen LogP contribution in [0.25, 0.3) is 10.8 Å². The lowest BCUT2D eigenvalue weighted by Crippen LogP contribution is -2.21. The molecule has 4 heteroatoms. The molecule has 0 radical (unpaired) electrons. The molecule has 3 N–H and O–H groups in total. The van der Waals surface area contributed by atoms with Gasteiger partial charge in [-0.05, 0) is 24.6 Å². The maximum Gasteiger partial charge on any atom is 0.0731 e. The van der Waals surface area contributed by atoms with Gasteiger partial charge in [0, 0.05) is 47.6 Å². The van der Waals surface area contributed by atoms with Gasteiger partial charge in [0.25, 0.3) is 0 Å². The zero-order chi connectivity index (χ0) is 11.8. The topological polar surface area (TPSA) is 62.4 Å². The molecular weight excluding hydrogens is 214 g/mol. The molecule has 2 aromatic rings. The highest BCUT2D eigenvalue weighted by atomic mass is 16.3. The van der Waals surface area contributed by atoms with Crippen LogP contribution in [-0.2, 0) is 0 Å². The van der Waals surface area contributed by atoms with E-state index in [0.717, 1.165) is 35.1 Å². The van der Waals surface area contributed by atoms with Gasteiger partial charge in [0.1, 0.15) is 0 Å². The predicted octanol–water partition coefficient (Wildman–Crippen LogP) is 1.39. The number of aliphatic hydroxyl groups excluding tert-OH is 1. The quantitative estimate of drug-likeness (QED) is 0.725. The molecule has 1 atom stereocenters. The number of pyridine rings is 1. The second kappa shape index (κ2) is 3.89. The molecule has 0 saturated carbocycles. The van der Waals surface area contributed by atoms with Crippen LogP contribution in [0.4, 0.5) is 11.4 Å². The summed E-state index contributed by atoms with van der Waals surface area (Å²) in [5, 5.41) is 11.7. The number of nitrogens with zero attached hydrogens (tertiary/aromatic N) is 2. The van der Waals surface area contributed by atoms with E-state index < -0.39 is 0 Å². The van der Waals surface area contributed by atoms with Gasteiger partial charge in [-0.15, -0.1) is 0 Å². The first-order chi connectivity index (χ1) is 8.25. The van der Waals surface area contributed by atoms with Crippen molar-refractivity contribution in [3.8, 4) is 0 Å². The maximum absolute atomic E-state index is 9.61. The molecule has 1 aliphatic rings. The Morgan fingerprint density at radius 2 is 2.18 bits per heavy atom. The lowest BCUT2D eigenvalue weighted by molar-refractivity contribution is 0.198. The van der Waals surface area contributed by atoms with Crippen molar-refractivity contribution < 1.29 is 5.11 Å². The molecule has 0 amide bonds. The van der Waals surface area contributed by atoms with Crippen molar-refractivity contribution in [1.29, 1.82) is 0 Å². The van der Waals surface area contributed by atoms with Crippen LogP contribution in [0.2, 0.25) is 0 Å². The van der Waals surface area contributed by atoms with Gasteiger partial charge >= 0.3 is 0 Å². The fourth-order valence-corrected chi connectivity index (χ4v) is 2.43. The van der Waals surface area contributed by atoms with E-state index in [0.29, 0.717) is 6.54 Å². The van der Waals surface area contributed by atoms with E-state index >= 15 is 0 Å². The van der Waals surface area contributed by atoms with Crippen molar-refractivity contribution in [1.82, 2.24) is 4.98 Å². The summed E-state index contributed by atoms with van der Waals surface area (Å²) in [6, 6.07) is 5.91. The second-order valence-corrected chi connectivity index (χ2v) is 4.48. The van der Waals surface area contributed by atoms with Crippen LogP contribution in [-0.4, -0.2) is 29.3 Å². The van der Waals surface area contributed by atoms with Gasteiger partial charge in [-0.2, -0.15) is 0 Å². The van der Waals surface area contributed by atoms with E-state index in [1.54, 1.807) is 12.4 Å². The van der Waals surface area contributed by atoms with Gasteiger partial charge in [-0.25, -0.2) is 0 Å². The van der Waals surface area contributed by atoms with Gasteiger partial charge < -0.3 is 15.7 Å². The Labute approximate surface area is 99.7 Å². The highest BCUT2D eigenvalue weighted by molar-refractivity contribution is 6.00. The van der Waals surface area contributed by atoms with Crippen LogP contribution in [0, 0.1) is 0 Å². The Balaban J connectivity index is 2.14. The molecular formula is C13H15N3O. The van der Waals surface area contributed by atoms with Crippen LogP contribution in [0.15, 0.2) is 30.6 Å². The molecule has 1 aliphatic heterocycles. The third kappa shape index (κ3) is 1.70. The van der Waals surface area contributed by atoms with E-state index in [1.165, 1.54) is 0 Å². The number of aromatic nitrogens is 1. The monoisotopic (exact) mass is 229 g/mol. The number of rotatable bonds is 1. The summed E-state index contributed by atoms with van der Waals surface area (Å²) in [6.07, 6.45) is 4.18. The average molecular weight is 229 g/mol. The minimum Gasteiger partial charge on any atom is -0.398 e. The van der Waals surface area contributed by atoms with Gasteiger partial charge in [-0.1, -0.05) is 0 Å². The largest absolute Gasteiger partial charge is 0.398 e. The zero-order valence-electron chi connectivity index (χ0n) is 9.50. The average Bonchev–Trinajstić information content (AvgIpc) is 2.77. The molecule has 1 unspecified atom stereocenters. The van der Waals surface area contributed by atoms with E-state index in [4.69, 9.17) is 5.73 Å². The molecule has 0 bridgehead atoms. The number of benzene rings is 1. The summed E-state index contributed by atoms with van der Waals surface area (Å²) in [4.78, 5) is 6.31. The van der Waals surface area contributed by atoms with Crippen molar-refractivity contribution in [2.45, 2.75) is 12.5 Å². The van der Waals surface area contributed by atoms with E-state index in [2.05, 4.69) is 9.88 Å². The van der Waals surface area contributed by atoms with Gasteiger partial charge in [0.05, 0.1) is 6.10 Å². The highest BCUT2D eigenvalue weighted by Crippen LogP contribution is 2.32. The summed E-state index contributed by atoms with van der Waals surface area (Å²) < 4.78 is 0. The molecule has 1 aromatic carbocycles. The van der Waals surface area contributed by atoms with Gasteiger partial charge in [0.15, 0.2) is 0 Å². The van der Waals surface area contributed by atoms with E-state index in [9.17, 15) is 5.11 Å². The number of hydrogen-bond donors (Lipinski definition) is 2. The molecule has 0 aliphatic carbocycles. The first-order valence-corrected chi connectivity index (χ1v) is 5.81. The van der Waals surface area contributed by atoms with Crippen LogP contribution >= 0.6 is 0 Å². The summed E-state index contributed by atoms with van der Waals surface area (Å²) in [7, 11) is 0. The van der Waals surface area contributed by atoms with Crippen molar-refractivity contribution >= 4 is 22.1 Å². The molecule has 1 aromatic heterocycles. The smallest absolute Gasteiger partial charge is 0.0731 e. The molecule has 0 spiro atoms. The molecule has 17 heavy (non-hydrogen) atoms. The standard InChI is InChI=1S/C13H15N3O/c14-12-1-2-13(16-6-4-9(17)8-16)10-3-5-15-7-11(10)12/h1-3,5,7,9,17H,4,6,8,14H2. The molecule has 1 saturated heterocycles. The lowest BCUT2D eigenvalue weighted by atomic mass is 10.1. The fourth-order valence-electron chi connectivity index (χ4n) is 2.43. The number of aliphatic hydroxyl groups is 1. The third-order valence-corrected chi connectivity index (χ3v) is 3.33. The van der Waals surface area contributed by atoms with E-state index in [-0.39, 0.29) is 6.10 Å². The number of nitrogen functional groups attached to an aromatic ring is 1. The highest BCUT2D eigenvalue weighted by Gasteiger charge is 2.21. The van der Waals surface area contributed by atoms with Crippen LogP contribution < -0.4 is 10.6 Å².